The highest BCUT2D eigenvalue weighted by Gasteiger charge is 2.28. The van der Waals surface area contributed by atoms with Crippen molar-refractivity contribution in [3.8, 4) is 16.3 Å². The van der Waals surface area contributed by atoms with Gasteiger partial charge in [-0.05, 0) is 49.6 Å². The number of aromatic nitrogens is 1. The van der Waals surface area contributed by atoms with Crippen LogP contribution in [0.5, 0.6) is 5.75 Å². The number of nitrogens with two attached hydrogens (primary N) is 1. The normalized spacial score (nSPS) is 19.6. The fraction of sp³-hybridized carbons (Fsp3) is 0.412. The molecule has 1 aliphatic rings. The Balaban J connectivity index is 0.00000208. The highest BCUT2D eigenvalue weighted by molar-refractivity contribution is 7.16. The van der Waals surface area contributed by atoms with Crippen molar-refractivity contribution in [2.75, 3.05) is 13.7 Å². The third kappa shape index (κ3) is 4.06. The van der Waals surface area contributed by atoms with Crippen LogP contribution < -0.4 is 15.8 Å². The second kappa shape index (κ2) is 8.46. The van der Waals surface area contributed by atoms with Crippen molar-refractivity contribution in [3.05, 3.63) is 35.3 Å². The van der Waals surface area contributed by atoms with Gasteiger partial charge in [-0.15, -0.1) is 23.7 Å². The maximum Gasteiger partial charge on any atom is 0.263 e. The summed E-state index contributed by atoms with van der Waals surface area (Å²) >= 11 is 1.40. The van der Waals surface area contributed by atoms with Gasteiger partial charge in [0.25, 0.3) is 5.91 Å². The maximum absolute atomic E-state index is 12.4. The van der Waals surface area contributed by atoms with Crippen LogP contribution in [-0.4, -0.2) is 30.6 Å². The maximum atomic E-state index is 12.4. The molecule has 0 aliphatic heterocycles. The molecule has 2 unspecified atom stereocenters. The van der Waals surface area contributed by atoms with Crippen molar-refractivity contribution in [3.63, 3.8) is 0 Å². The number of thiazole rings is 1. The molecule has 24 heavy (non-hydrogen) atoms. The lowest BCUT2D eigenvalue weighted by Crippen LogP contribution is -2.39. The minimum atomic E-state index is -0.0485. The number of hydrogen-bond acceptors (Lipinski definition) is 5. The summed E-state index contributed by atoms with van der Waals surface area (Å²) in [5.41, 5.74) is 6.75. The van der Waals surface area contributed by atoms with E-state index in [-0.39, 0.29) is 24.4 Å². The Kier molecular flexibility index (Phi) is 6.60. The molecular formula is C17H22ClN3O2S. The zero-order chi connectivity index (χ0) is 16.2. The fourth-order valence-electron chi connectivity index (χ4n) is 2.99. The number of carbonyl (C=O) groups excluding carboxylic acids is 1. The van der Waals surface area contributed by atoms with Gasteiger partial charge in [0.15, 0.2) is 0 Å². The van der Waals surface area contributed by atoms with E-state index in [1.54, 1.807) is 13.3 Å². The van der Waals surface area contributed by atoms with E-state index in [1.807, 2.05) is 24.3 Å². The van der Waals surface area contributed by atoms with E-state index < -0.39 is 0 Å². The molecule has 2 atom stereocenters. The Morgan fingerprint density at radius 3 is 2.79 bits per heavy atom. The molecule has 0 bridgehead atoms. The minimum Gasteiger partial charge on any atom is -0.497 e. The van der Waals surface area contributed by atoms with Gasteiger partial charge in [0.05, 0.1) is 13.3 Å². The average molecular weight is 368 g/mol. The summed E-state index contributed by atoms with van der Waals surface area (Å²) in [5.74, 6) is 1.15. The zero-order valence-corrected chi connectivity index (χ0v) is 15.2. The fourth-order valence-corrected chi connectivity index (χ4v) is 3.82. The van der Waals surface area contributed by atoms with E-state index in [1.165, 1.54) is 11.3 Å². The first kappa shape index (κ1) is 18.7. The smallest absolute Gasteiger partial charge is 0.263 e. The van der Waals surface area contributed by atoms with Gasteiger partial charge in [-0.1, -0.05) is 6.42 Å². The van der Waals surface area contributed by atoms with Crippen molar-refractivity contribution in [2.24, 2.45) is 11.7 Å². The van der Waals surface area contributed by atoms with Crippen molar-refractivity contribution < 1.29 is 9.53 Å². The number of amides is 1. The second-order valence-corrected chi connectivity index (χ2v) is 6.80. The largest absolute Gasteiger partial charge is 0.497 e. The van der Waals surface area contributed by atoms with E-state index in [9.17, 15) is 4.79 Å². The summed E-state index contributed by atoms with van der Waals surface area (Å²) in [6.07, 6.45) is 4.89. The second-order valence-electron chi connectivity index (χ2n) is 5.76. The predicted octanol–water partition coefficient (Wildman–Crippen LogP) is 3.10. The van der Waals surface area contributed by atoms with Crippen LogP contribution >= 0.6 is 23.7 Å². The number of halogens is 1. The van der Waals surface area contributed by atoms with Crippen LogP contribution in [0.2, 0.25) is 0 Å². The van der Waals surface area contributed by atoms with E-state index in [0.717, 1.165) is 35.6 Å². The number of rotatable bonds is 5. The Morgan fingerprint density at radius 2 is 2.12 bits per heavy atom. The first-order chi connectivity index (χ1) is 11.2. The zero-order valence-electron chi connectivity index (χ0n) is 13.5. The third-order valence-electron chi connectivity index (χ3n) is 4.34. The van der Waals surface area contributed by atoms with Gasteiger partial charge in [0.1, 0.15) is 15.6 Å². The minimum absolute atomic E-state index is 0. The van der Waals surface area contributed by atoms with Crippen LogP contribution in [0.15, 0.2) is 30.5 Å². The van der Waals surface area contributed by atoms with Gasteiger partial charge in [-0.2, -0.15) is 0 Å². The summed E-state index contributed by atoms with van der Waals surface area (Å²) in [7, 11) is 1.64. The Morgan fingerprint density at radius 1 is 1.38 bits per heavy atom. The van der Waals surface area contributed by atoms with Gasteiger partial charge in [-0.3, -0.25) is 4.79 Å². The molecule has 0 radical (unpaired) electrons. The summed E-state index contributed by atoms with van der Waals surface area (Å²) in [6, 6.07) is 7.86. The van der Waals surface area contributed by atoms with Crippen LogP contribution in [0.3, 0.4) is 0 Å². The van der Waals surface area contributed by atoms with Gasteiger partial charge < -0.3 is 15.8 Å². The molecule has 3 rings (SSSR count). The number of methoxy groups -OCH3 is 1. The summed E-state index contributed by atoms with van der Waals surface area (Å²) < 4.78 is 5.15. The van der Waals surface area contributed by atoms with Crippen LogP contribution in [0.1, 0.15) is 28.9 Å². The van der Waals surface area contributed by atoms with E-state index in [2.05, 4.69) is 10.3 Å². The molecule has 0 spiro atoms. The number of benzene rings is 1. The molecule has 3 N–H and O–H groups in total. The molecule has 1 aromatic carbocycles. The molecule has 1 saturated carbocycles. The lowest BCUT2D eigenvalue weighted by atomic mass is 10.0. The Hall–Kier alpha value is -1.63. The van der Waals surface area contributed by atoms with Crippen molar-refractivity contribution >= 4 is 29.7 Å². The van der Waals surface area contributed by atoms with Crippen molar-refractivity contribution in [1.82, 2.24) is 10.3 Å². The molecular weight excluding hydrogens is 346 g/mol. The molecule has 1 fully saturated rings. The van der Waals surface area contributed by atoms with Gasteiger partial charge in [-0.25, -0.2) is 4.98 Å². The van der Waals surface area contributed by atoms with E-state index >= 15 is 0 Å². The SMILES string of the molecule is COc1ccc(-c2ncc(C(=O)NC3CCCC3CN)s2)cc1.Cl. The number of hydrogen-bond donors (Lipinski definition) is 2. The molecule has 130 valence electrons. The van der Waals surface area contributed by atoms with Gasteiger partial charge in [0, 0.05) is 11.6 Å². The predicted molar refractivity (Wildman–Crippen MR) is 99.0 cm³/mol. The van der Waals surface area contributed by atoms with Crippen LogP contribution in [0.25, 0.3) is 10.6 Å². The number of carbonyl (C=O) groups is 1. The Bertz CT molecular complexity index is 675. The van der Waals surface area contributed by atoms with Crippen LogP contribution in [0.4, 0.5) is 0 Å². The van der Waals surface area contributed by atoms with E-state index in [0.29, 0.717) is 17.3 Å². The number of nitrogens with zero attached hydrogens (tertiary/aromatic N) is 1. The third-order valence-corrected chi connectivity index (χ3v) is 5.39. The lowest BCUT2D eigenvalue weighted by molar-refractivity contribution is 0.0932. The van der Waals surface area contributed by atoms with E-state index in [4.69, 9.17) is 10.5 Å². The molecule has 1 aliphatic carbocycles. The van der Waals surface area contributed by atoms with Crippen LogP contribution in [0, 0.1) is 5.92 Å². The summed E-state index contributed by atoms with van der Waals surface area (Å²) in [6.45, 7) is 0.630. The first-order valence-corrected chi connectivity index (χ1v) is 8.64. The quantitative estimate of drug-likeness (QED) is 0.851. The molecule has 7 heteroatoms. The molecule has 2 aromatic rings. The molecule has 0 saturated heterocycles. The van der Waals surface area contributed by atoms with Gasteiger partial charge in [0.2, 0.25) is 0 Å². The molecule has 1 amide bonds. The Labute approximate surface area is 152 Å². The van der Waals surface area contributed by atoms with Crippen LogP contribution in [-0.2, 0) is 0 Å². The molecule has 1 heterocycles. The standard InChI is InChI=1S/C17H21N3O2S.ClH/c1-22-13-7-5-11(6-8-13)17-19-10-15(23-17)16(21)20-14-4-2-3-12(14)9-18;/h5-8,10,12,14H,2-4,9,18H2,1H3,(H,20,21);1H. The average Bonchev–Trinajstić information content (AvgIpc) is 3.24. The number of nitrogens with one attached hydrogen (secondary N) is 1. The highest BCUT2D eigenvalue weighted by atomic mass is 35.5. The monoisotopic (exact) mass is 367 g/mol. The highest BCUT2D eigenvalue weighted by Crippen LogP contribution is 2.28. The summed E-state index contributed by atoms with van der Waals surface area (Å²) in [4.78, 5) is 17.4. The van der Waals surface area contributed by atoms with Crippen molar-refractivity contribution in [1.29, 1.82) is 0 Å². The molecule has 5 nitrogen and oxygen atoms in total. The van der Waals surface area contributed by atoms with Gasteiger partial charge >= 0.3 is 0 Å². The first-order valence-electron chi connectivity index (χ1n) is 7.82. The lowest BCUT2D eigenvalue weighted by Gasteiger charge is -2.18. The number of ether oxygens (including phenoxy) is 1. The van der Waals surface area contributed by atoms with Crippen molar-refractivity contribution in [2.45, 2.75) is 25.3 Å². The molecule has 1 aromatic heterocycles. The summed E-state index contributed by atoms with van der Waals surface area (Å²) in [5, 5.41) is 3.94. The topological polar surface area (TPSA) is 77.2 Å².